The maximum absolute atomic E-state index is 12.8. The van der Waals surface area contributed by atoms with Crippen LogP contribution >= 0.6 is 0 Å². The average Bonchev–Trinajstić information content (AvgIpc) is 3.15. The first-order chi connectivity index (χ1) is 13.6. The lowest BCUT2D eigenvalue weighted by molar-refractivity contribution is 0.102. The second kappa shape index (κ2) is 7.53. The molecule has 0 unspecified atom stereocenters. The van der Waals surface area contributed by atoms with Gasteiger partial charge in [0, 0.05) is 11.3 Å². The molecule has 0 aliphatic carbocycles. The zero-order valence-corrected chi connectivity index (χ0v) is 15.9. The number of aromatic nitrogens is 2. The van der Waals surface area contributed by atoms with Gasteiger partial charge in [0.25, 0.3) is 5.91 Å². The van der Waals surface area contributed by atoms with E-state index in [2.05, 4.69) is 29.5 Å². The molecule has 28 heavy (non-hydrogen) atoms. The molecule has 138 valence electrons. The van der Waals surface area contributed by atoms with Crippen molar-refractivity contribution in [2.75, 3.05) is 5.32 Å². The Labute approximate surface area is 164 Å². The summed E-state index contributed by atoms with van der Waals surface area (Å²) in [6, 6.07) is 27.6. The fraction of sp³-hybridized carbons (Fsp3) is 0.0833. The van der Waals surface area contributed by atoms with Crippen LogP contribution in [0, 0.1) is 13.8 Å². The van der Waals surface area contributed by atoms with Crippen LogP contribution in [-0.2, 0) is 0 Å². The summed E-state index contributed by atoms with van der Waals surface area (Å²) in [5.74, 6) is -0.228. The Kier molecular flexibility index (Phi) is 4.77. The Morgan fingerprint density at radius 2 is 1.57 bits per heavy atom. The van der Waals surface area contributed by atoms with Gasteiger partial charge in [-0.25, -0.2) is 4.68 Å². The van der Waals surface area contributed by atoms with Gasteiger partial charge in [0.2, 0.25) is 0 Å². The van der Waals surface area contributed by atoms with Crippen molar-refractivity contribution < 1.29 is 4.79 Å². The minimum atomic E-state index is -0.228. The Hall–Kier alpha value is -3.66. The molecule has 4 aromatic rings. The quantitative estimate of drug-likeness (QED) is 0.524. The van der Waals surface area contributed by atoms with Gasteiger partial charge in [-0.2, -0.15) is 5.10 Å². The molecule has 1 N–H and O–H groups in total. The molecule has 0 atom stereocenters. The van der Waals surface area contributed by atoms with E-state index in [-0.39, 0.29) is 5.91 Å². The number of hydrogen-bond acceptors (Lipinski definition) is 2. The van der Waals surface area contributed by atoms with Gasteiger partial charge in [-0.3, -0.25) is 4.79 Å². The molecule has 0 aliphatic heterocycles. The largest absolute Gasteiger partial charge is 0.321 e. The molecule has 4 nitrogen and oxygen atoms in total. The summed E-state index contributed by atoms with van der Waals surface area (Å²) in [5, 5.41) is 7.54. The maximum atomic E-state index is 12.8. The normalized spacial score (nSPS) is 10.6. The number of nitrogens with one attached hydrogen (secondary N) is 1. The number of nitrogens with zero attached hydrogens (tertiary/aromatic N) is 2. The predicted molar refractivity (Wildman–Crippen MR) is 113 cm³/mol. The van der Waals surface area contributed by atoms with Crippen molar-refractivity contribution in [3.05, 3.63) is 102 Å². The van der Waals surface area contributed by atoms with E-state index < -0.39 is 0 Å². The smallest absolute Gasteiger partial charge is 0.276 e. The van der Waals surface area contributed by atoms with Crippen molar-refractivity contribution >= 4 is 11.6 Å². The van der Waals surface area contributed by atoms with E-state index in [1.807, 2.05) is 84.4 Å². The lowest BCUT2D eigenvalue weighted by atomic mass is 10.1. The van der Waals surface area contributed by atoms with Crippen molar-refractivity contribution in [3.63, 3.8) is 0 Å². The molecule has 0 aliphatic rings. The number of carbonyl (C=O) groups is 1. The molecule has 4 heteroatoms. The van der Waals surface area contributed by atoms with Gasteiger partial charge < -0.3 is 5.32 Å². The molecule has 1 amide bonds. The van der Waals surface area contributed by atoms with Crippen LogP contribution in [0.3, 0.4) is 0 Å². The minimum absolute atomic E-state index is 0.228. The zero-order chi connectivity index (χ0) is 19.5. The van der Waals surface area contributed by atoms with Crippen molar-refractivity contribution in [1.82, 2.24) is 9.78 Å². The Morgan fingerprint density at radius 3 is 2.29 bits per heavy atom. The first-order valence-corrected chi connectivity index (χ1v) is 9.21. The standard InChI is InChI=1S/C24H21N3O/c1-17-11-13-19(14-12-17)23-16-22(26-27(23)21-9-4-3-5-10-21)24(28)25-20-8-6-7-18(2)15-20/h3-16H,1-2H3,(H,25,28). The fourth-order valence-electron chi connectivity index (χ4n) is 3.11. The van der Waals surface area contributed by atoms with E-state index in [0.717, 1.165) is 28.2 Å². The summed E-state index contributed by atoms with van der Waals surface area (Å²) in [7, 11) is 0. The van der Waals surface area contributed by atoms with Crippen LogP contribution in [0.5, 0.6) is 0 Å². The van der Waals surface area contributed by atoms with E-state index in [9.17, 15) is 4.79 Å². The molecule has 0 fully saturated rings. The number of hydrogen-bond donors (Lipinski definition) is 1. The van der Waals surface area contributed by atoms with Crippen molar-refractivity contribution in [2.45, 2.75) is 13.8 Å². The monoisotopic (exact) mass is 367 g/mol. The molecule has 0 spiro atoms. The number of carbonyl (C=O) groups excluding carboxylic acids is 1. The van der Waals surface area contributed by atoms with Crippen LogP contribution in [-0.4, -0.2) is 15.7 Å². The number of benzene rings is 3. The topological polar surface area (TPSA) is 46.9 Å². The second-order valence-corrected chi connectivity index (χ2v) is 6.85. The Balaban J connectivity index is 1.74. The van der Waals surface area contributed by atoms with E-state index in [0.29, 0.717) is 5.69 Å². The van der Waals surface area contributed by atoms with Crippen molar-refractivity contribution in [1.29, 1.82) is 0 Å². The van der Waals surface area contributed by atoms with Gasteiger partial charge in [0.15, 0.2) is 5.69 Å². The summed E-state index contributed by atoms with van der Waals surface area (Å²) < 4.78 is 1.82. The summed E-state index contributed by atoms with van der Waals surface area (Å²) in [4.78, 5) is 12.8. The number of rotatable bonds is 4. The minimum Gasteiger partial charge on any atom is -0.321 e. The molecule has 3 aromatic carbocycles. The van der Waals surface area contributed by atoms with E-state index in [4.69, 9.17) is 0 Å². The molecule has 0 saturated heterocycles. The molecule has 0 radical (unpaired) electrons. The first kappa shape index (κ1) is 17.7. The third-order valence-corrected chi connectivity index (χ3v) is 4.57. The summed E-state index contributed by atoms with van der Waals surface area (Å²) in [6.45, 7) is 4.05. The third kappa shape index (κ3) is 3.71. The van der Waals surface area contributed by atoms with Gasteiger partial charge in [-0.1, -0.05) is 60.2 Å². The molecule has 0 bridgehead atoms. The van der Waals surface area contributed by atoms with Gasteiger partial charge in [-0.05, 0) is 49.7 Å². The molecular weight excluding hydrogens is 346 g/mol. The highest BCUT2D eigenvalue weighted by Crippen LogP contribution is 2.25. The predicted octanol–water partition coefficient (Wildman–Crippen LogP) is 5.41. The summed E-state index contributed by atoms with van der Waals surface area (Å²) in [6.07, 6.45) is 0. The molecule has 0 saturated carbocycles. The molecule has 1 heterocycles. The summed E-state index contributed by atoms with van der Waals surface area (Å²) >= 11 is 0. The lowest BCUT2D eigenvalue weighted by Crippen LogP contribution is -2.13. The zero-order valence-electron chi connectivity index (χ0n) is 15.9. The highest BCUT2D eigenvalue weighted by molar-refractivity contribution is 6.03. The van der Waals surface area contributed by atoms with Gasteiger partial charge in [0.1, 0.15) is 0 Å². The van der Waals surface area contributed by atoms with E-state index in [1.54, 1.807) is 0 Å². The van der Waals surface area contributed by atoms with Gasteiger partial charge in [0.05, 0.1) is 11.4 Å². The Morgan fingerprint density at radius 1 is 0.821 bits per heavy atom. The highest BCUT2D eigenvalue weighted by Gasteiger charge is 2.17. The van der Waals surface area contributed by atoms with Crippen LogP contribution in [0.2, 0.25) is 0 Å². The highest BCUT2D eigenvalue weighted by atomic mass is 16.1. The molecule has 4 rings (SSSR count). The number of amides is 1. The van der Waals surface area contributed by atoms with Crippen LogP contribution in [0.15, 0.2) is 84.9 Å². The average molecular weight is 367 g/mol. The molecular formula is C24H21N3O. The van der Waals surface area contributed by atoms with Crippen molar-refractivity contribution in [3.8, 4) is 16.9 Å². The first-order valence-electron chi connectivity index (χ1n) is 9.21. The van der Waals surface area contributed by atoms with Crippen LogP contribution in [0.1, 0.15) is 21.6 Å². The number of anilines is 1. The van der Waals surface area contributed by atoms with Crippen molar-refractivity contribution in [2.24, 2.45) is 0 Å². The SMILES string of the molecule is Cc1ccc(-c2cc(C(=O)Nc3cccc(C)c3)nn2-c2ccccc2)cc1. The van der Waals surface area contributed by atoms with Gasteiger partial charge >= 0.3 is 0 Å². The molecule has 1 aromatic heterocycles. The van der Waals surface area contributed by atoms with Gasteiger partial charge in [-0.15, -0.1) is 0 Å². The van der Waals surface area contributed by atoms with E-state index >= 15 is 0 Å². The second-order valence-electron chi connectivity index (χ2n) is 6.85. The number of para-hydroxylation sites is 1. The fourth-order valence-corrected chi connectivity index (χ4v) is 3.11. The van der Waals surface area contributed by atoms with E-state index in [1.165, 1.54) is 5.56 Å². The van der Waals surface area contributed by atoms with Crippen LogP contribution < -0.4 is 5.32 Å². The lowest BCUT2D eigenvalue weighted by Gasteiger charge is -2.07. The van der Waals surface area contributed by atoms with Crippen LogP contribution in [0.25, 0.3) is 16.9 Å². The third-order valence-electron chi connectivity index (χ3n) is 4.57. The summed E-state index contributed by atoms with van der Waals surface area (Å²) in [5.41, 5.74) is 6.21. The Bertz CT molecular complexity index is 1110. The van der Waals surface area contributed by atoms with Crippen LogP contribution in [0.4, 0.5) is 5.69 Å². The maximum Gasteiger partial charge on any atom is 0.276 e. The number of aryl methyl sites for hydroxylation is 2.